The second-order valence-corrected chi connectivity index (χ2v) is 12.1. The number of carbonyl (C=O) groups excluding carboxylic acids is 1. The number of likely N-dealkylation sites (N-methyl/N-ethyl adjacent to an activating group) is 1. The standard InChI is InChI=1S/C34H36ClF3N6O2/c1-21-16-22(2)31(23(3)17-21)46-33(45)44(20-25-18-26(34(36,37)38)6-11-29(25)35)30-12-13-39-32(41-30)40-27-7-9-28(10-8-27)43-15-14-42(5)24(4)19-43/h6-13,16-18,24H,14-15,19-20H2,1-5H3,(H,39,40,41). The zero-order valence-electron chi connectivity index (χ0n) is 26.3. The van der Waals surface area contributed by atoms with Crippen LogP contribution in [0.5, 0.6) is 5.75 Å². The van der Waals surface area contributed by atoms with Gasteiger partial charge < -0.3 is 19.9 Å². The van der Waals surface area contributed by atoms with Gasteiger partial charge in [-0.1, -0.05) is 29.3 Å². The molecule has 1 aromatic heterocycles. The van der Waals surface area contributed by atoms with E-state index < -0.39 is 17.8 Å². The zero-order chi connectivity index (χ0) is 33.2. The highest BCUT2D eigenvalue weighted by Gasteiger charge is 2.32. The molecular weight excluding hydrogens is 617 g/mol. The van der Waals surface area contributed by atoms with Gasteiger partial charge in [0.1, 0.15) is 11.6 Å². The normalized spacial score (nSPS) is 15.5. The van der Waals surface area contributed by atoms with Crippen LogP contribution in [0.1, 0.15) is 34.7 Å². The number of rotatable bonds is 7. The van der Waals surface area contributed by atoms with Crippen LogP contribution in [-0.4, -0.2) is 53.7 Å². The molecule has 1 fully saturated rings. The first kappa shape index (κ1) is 33.0. The maximum absolute atomic E-state index is 13.8. The molecule has 1 aliphatic heterocycles. The maximum atomic E-state index is 13.8. The molecule has 1 N–H and O–H groups in total. The summed E-state index contributed by atoms with van der Waals surface area (Å²) in [6.07, 6.45) is -3.97. The van der Waals surface area contributed by atoms with Crippen molar-refractivity contribution < 1.29 is 22.7 Å². The van der Waals surface area contributed by atoms with Gasteiger partial charge in [0.25, 0.3) is 0 Å². The molecule has 242 valence electrons. The van der Waals surface area contributed by atoms with Crippen molar-refractivity contribution in [2.75, 3.05) is 41.8 Å². The Morgan fingerprint density at radius 1 is 1.04 bits per heavy atom. The van der Waals surface area contributed by atoms with Crippen molar-refractivity contribution in [2.45, 2.75) is 46.5 Å². The van der Waals surface area contributed by atoms with Crippen LogP contribution in [0.2, 0.25) is 5.02 Å². The second-order valence-electron chi connectivity index (χ2n) is 11.7. The average molecular weight is 653 g/mol. The van der Waals surface area contributed by atoms with E-state index >= 15 is 0 Å². The summed E-state index contributed by atoms with van der Waals surface area (Å²) in [6, 6.07) is 16.6. The quantitative estimate of drug-likeness (QED) is 0.216. The lowest BCUT2D eigenvalue weighted by atomic mass is 10.1. The Balaban J connectivity index is 1.43. The van der Waals surface area contributed by atoms with E-state index in [0.29, 0.717) is 11.8 Å². The van der Waals surface area contributed by atoms with Crippen molar-refractivity contribution in [1.82, 2.24) is 14.9 Å². The van der Waals surface area contributed by atoms with E-state index in [4.69, 9.17) is 16.3 Å². The van der Waals surface area contributed by atoms with Crippen molar-refractivity contribution in [1.29, 1.82) is 0 Å². The third-order valence-corrected chi connectivity index (χ3v) is 8.45. The molecular formula is C34H36ClF3N6O2. The zero-order valence-corrected chi connectivity index (χ0v) is 27.1. The lowest BCUT2D eigenvalue weighted by molar-refractivity contribution is -0.137. The fourth-order valence-electron chi connectivity index (χ4n) is 5.48. The highest BCUT2D eigenvalue weighted by atomic mass is 35.5. The monoisotopic (exact) mass is 652 g/mol. The van der Waals surface area contributed by atoms with Crippen LogP contribution in [0.3, 0.4) is 0 Å². The molecule has 4 aromatic rings. The number of anilines is 4. The van der Waals surface area contributed by atoms with E-state index in [1.165, 1.54) is 12.3 Å². The molecule has 2 heterocycles. The number of hydrogen-bond acceptors (Lipinski definition) is 7. The molecule has 0 saturated carbocycles. The molecule has 3 aromatic carbocycles. The summed E-state index contributed by atoms with van der Waals surface area (Å²) in [5.41, 5.74) is 3.50. The van der Waals surface area contributed by atoms with Crippen LogP contribution in [0.4, 0.5) is 41.1 Å². The molecule has 12 heteroatoms. The van der Waals surface area contributed by atoms with E-state index in [0.717, 1.165) is 70.8 Å². The molecule has 1 amide bonds. The number of benzene rings is 3. The van der Waals surface area contributed by atoms with Gasteiger partial charge in [-0.3, -0.25) is 4.90 Å². The van der Waals surface area contributed by atoms with Gasteiger partial charge in [0.05, 0.1) is 12.1 Å². The van der Waals surface area contributed by atoms with Crippen LogP contribution in [0.15, 0.2) is 66.9 Å². The Hall–Kier alpha value is -4.35. The van der Waals surface area contributed by atoms with Crippen LogP contribution in [-0.2, 0) is 12.7 Å². The van der Waals surface area contributed by atoms with Crippen molar-refractivity contribution in [3.63, 3.8) is 0 Å². The molecule has 1 atom stereocenters. The number of carbonyl (C=O) groups is 1. The number of nitrogens with zero attached hydrogens (tertiary/aromatic N) is 5. The molecule has 0 bridgehead atoms. The van der Waals surface area contributed by atoms with Gasteiger partial charge in [0.15, 0.2) is 0 Å². The highest BCUT2D eigenvalue weighted by molar-refractivity contribution is 6.31. The molecule has 1 aliphatic rings. The van der Waals surface area contributed by atoms with Crippen molar-refractivity contribution >= 4 is 40.8 Å². The Morgan fingerprint density at radius 2 is 1.74 bits per heavy atom. The number of halogens is 4. The Labute approximate surface area is 271 Å². The van der Waals surface area contributed by atoms with E-state index in [9.17, 15) is 18.0 Å². The van der Waals surface area contributed by atoms with Gasteiger partial charge >= 0.3 is 12.3 Å². The summed E-state index contributed by atoms with van der Waals surface area (Å²) >= 11 is 6.34. The van der Waals surface area contributed by atoms with Crippen molar-refractivity contribution in [3.8, 4) is 5.75 Å². The number of hydrogen-bond donors (Lipinski definition) is 1. The number of aromatic nitrogens is 2. The van der Waals surface area contributed by atoms with Crippen LogP contribution < -0.4 is 19.9 Å². The van der Waals surface area contributed by atoms with Gasteiger partial charge in [0, 0.05) is 48.3 Å². The topological polar surface area (TPSA) is 73.8 Å². The maximum Gasteiger partial charge on any atom is 0.421 e. The van der Waals surface area contributed by atoms with Gasteiger partial charge in [-0.15, -0.1) is 0 Å². The number of aryl methyl sites for hydroxylation is 3. The van der Waals surface area contributed by atoms with E-state index in [1.54, 1.807) is 0 Å². The fourth-order valence-corrected chi connectivity index (χ4v) is 5.66. The van der Waals surface area contributed by atoms with Crippen LogP contribution in [0, 0.1) is 20.8 Å². The molecule has 0 radical (unpaired) electrons. The molecule has 1 saturated heterocycles. The third-order valence-electron chi connectivity index (χ3n) is 8.08. The van der Waals surface area contributed by atoms with Gasteiger partial charge in [-0.25, -0.2) is 9.78 Å². The Kier molecular flexibility index (Phi) is 9.74. The summed E-state index contributed by atoms with van der Waals surface area (Å²) in [4.78, 5) is 28.4. The second kappa shape index (κ2) is 13.6. The summed E-state index contributed by atoms with van der Waals surface area (Å²) in [5, 5.41) is 3.23. The Bertz CT molecular complexity index is 1690. The Morgan fingerprint density at radius 3 is 2.39 bits per heavy atom. The van der Waals surface area contributed by atoms with E-state index in [-0.39, 0.29) is 28.9 Å². The minimum atomic E-state index is -4.59. The first-order valence-electron chi connectivity index (χ1n) is 14.9. The minimum absolute atomic E-state index is 0.0655. The van der Waals surface area contributed by atoms with Crippen LogP contribution in [0.25, 0.3) is 0 Å². The molecule has 1 unspecified atom stereocenters. The molecule has 0 aliphatic carbocycles. The smallest absolute Gasteiger partial charge is 0.409 e. The van der Waals surface area contributed by atoms with Gasteiger partial charge in [-0.2, -0.15) is 18.2 Å². The summed E-state index contributed by atoms with van der Waals surface area (Å²) in [7, 11) is 2.13. The number of alkyl halides is 3. The minimum Gasteiger partial charge on any atom is -0.409 e. The molecule has 8 nitrogen and oxygen atoms in total. The first-order valence-corrected chi connectivity index (χ1v) is 15.2. The van der Waals surface area contributed by atoms with Crippen LogP contribution >= 0.6 is 11.6 Å². The molecule has 0 spiro atoms. The fraction of sp³-hybridized carbons (Fsp3) is 0.324. The summed E-state index contributed by atoms with van der Waals surface area (Å²) in [6.45, 7) is 10.3. The largest absolute Gasteiger partial charge is 0.421 e. The van der Waals surface area contributed by atoms with E-state index in [1.807, 2.05) is 57.2 Å². The van der Waals surface area contributed by atoms with Crippen molar-refractivity contribution in [3.05, 3.63) is 99.7 Å². The van der Waals surface area contributed by atoms with E-state index in [2.05, 4.69) is 39.1 Å². The lowest BCUT2D eigenvalue weighted by Gasteiger charge is -2.39. The first-order chi connectivity index (χ1) is 21.8. The number of amides is 1. The molecule has 46 heavy (non-hydrogen) atoms. The highest BCUT2D eigenvalue weighted by Crippen LogP contribution is 2.33. The number of nitrogens with one attached hydrogen (secondary N) is 1. The SMILES string of the molecule is Cc1cc(C)c(OC(=O)N(Cc2cc(C(F)(F)F)ccc2Cl)c2ccnc(Nc3ccc(N4CCN(C)C(C)C4)cc3)n2)c(C)c1. The van der Waals surface area contributed by atoms with Gasteiger partial charge in [0.2, 0.25) is 5.95 Å². The predicted molar refractivity (Wildman–Crippen MR) is 175 cm³/mol. The molecule has 5 rings (SSSR count). The summed E-state index contributed by atoms with van der Waals surface area (Å²) < 4.78 is 46.5. The average Bonchev–Trinajstić information content (AvgIpc) is 3.00. The van der Waals surface area contributed by atoms with Gasteiger partial charge in [-0.05, 0) is 100.0 Å². The lowest BCUT2D eigenvalue weighted by Crippen LogP contribution is -2.50. The number of ether oxygens (including phenoxy) is 1. The number of piperazine rings is 1. The van der Waals surface area contributed by atoms with Crippen molar-refractivity contribution in [2.24, 2.45) is 0 Å². The predicted octanol–water partition coefficient (Wildman–Crippen LogP) is 8.16. The third kappa shape index (κ3) is 7.71. The summed E-state index contributed by atoms with van der Waals surface area (Å²) in [5.74, 6) is 0.661.